The van der Waals surface area contributed by atoms with Crippen LogP contribution in [-0.4, -0.2) is 103 Å². The molecule has 2 N–H and O–H groups in total. The second kappa shape index (κ2) is 8.62. The fourth-order valence-electron chi connectivity index (χ4n) is 5.64. The summed E-state index contributed by atoms with van der Waals surface area (Å²) in [7, 11) is 1.63. The third kappa shape index (κ3) is 3.68. The predicted octanol–water partition coefficient (Wildman–Crippen LogP) is 0.874. The van der Waals surface area contributed by atoms with Gasteiger partial charge in [-0.15, -0.1) is 0 Å². The first-order valence-electron chi connectivity index (χ1n) is 11.7. The Balaban J connectivity index is 1.48. The van der Waals surface area contributed by atoms with E-state index < -0.39 is 6.04 Å². The second-order valence-corrected chi connectivity index (χ2v) is 9.32. The summed E-state index contributed by atoms with van der Waals surface area (Å²) in [6.45, 7) is 6.58. The molecule has 2 amide bonds. The zero-order valence-corrected chi connectivity index (χ0v) is 19.3. The highest BCUT2D eigenvalue weighted by Gasteiger charge is 2.54. The number of hydrogen-bond donors (Lipinski definition) is 2. The summed E-state index contributed by atoms with van der Waals surface area (Å²) in [4.78, 5) is 35.2. The van der Waals surface area contributed by atoms with Crippen LogP contribution in [0.3, 0.4) is 0 Å². The second-order valence-electron chi connectivity index (χ2n) is 9.32. The molecule has 9 nitrogen and oxygen atoms in total. The van der Waals surface area contributed by atoms with Crippen molar-refractivity contribution in [3.8, 4) is 5.75 Å². The number of aromatic nitrogens is 1. The number of nitrogens with one attached hydrogen (secondary N) is 1. The minimum absolute atomic E-state index is 0.00778. The molecule has 2 saturated heterocycles. The van der Waals surface area contributed by atoms with E-state index in [0.29, 0.717) is 45.8 Å². The maximum absolute atomic E-state index is 13.0. The van der Waals surface area contributed by atoms with Crippen molar-refractivity contribution in [3.63, 3.8) is 0 Å². The van der Waals surface area contributed by atoms with Gasteiger partial charge in [-0.1, -0.05) is 6.92 Å². The number of carbonyl (C=O) groups is 2. The molecule has 0 radical (unpaired) electrons. The number of nitrogens with zero attached hydrogens (tertiary/aromatic N) is 3. The minimum atomic E-state index is -0.422. The molecule has 0 unspecified atom stereocenters. The number of H-pyrrole nitrogens is 1. The number of aromatic amines is 1. The molecular weight excluding hydrogens is 424 g/mol. The molecule has 5 rings (SSSR count). The summed E-state index contributed by atoms with van der Waals surface area (Å²) in [5, 5.41) is 11.3. The molecule has 178 valence electrons. The molecule has 33 heavy (non-hydrogen) atoms. The number of amides is 2. The van der Waals surface area contributed by atoms with Crippen LogP contribution in [0.1, 0.15) is 30.6 Å². The Morgan fingerprint density at radius 2 is 1.97 bits per heavy atom. The van der Waals surface area contributed by atoms with E-state index in [-0.39, 0.29) is 23.8 Å². The zero-order valence-electron chi connectivity index (χ0n) is 19.3. The molecule has 3 aliphatic rings. The number of carbonyl (C=O) groups excluding carboxylic acids is 2. The van der Waals surface area contributed by atoms with E-state index in [1.54, 1.807) is 12.0 Å². The van der Waals surface area contributed by atoms with Gasteiger partial charge in [0.05, 0.1) is 44.9 Å². The number of aliphatic hydroxyl groups excluding tert-OH is 1. The van der Waals surface area contributed by atoms with Gasteiger partial charge < -0.3 is 29.4 Å². The normalized spacial score (nSPS) is 22.3. The average Bonchev–Trinajstić information content (AvgIpc) is 3.20. The summed E-state index contributed by atoms with van der Waals surface area (Å²) in [6.07, 6.45) is 0.371. The van der Waals surface area contributed by atoms with E-state index in [1.807, 2.05) is 30.0 Å². The van der Waals surface area contributed by atoms with Gasteiger partial charge in [-0.25, -0.2) is 0 Å². The van der Waals surface area contributed by atoms with Crippen molar-refractivity contribution >= 4 is 22.7 Å². The predicted molar refractivity (Wildman–Crippen MR) is 122 cm³/mol. The Morgan fingerprint density at radius 3 is 2.64 bits per heavy atom. The number of ether oxygens (including phenoxy) is 2. The summed E-state index contributed by atoms with van der Waals surface area (Å²) in [5.74, 6) is 0.866. The van der Waals surface area contributed by atoms with Gasteiger partial charge >= 0.3 is 0 Å². The molecule has 3 aliphatic heterocycles. The molecule has 1 spiro atoms. The van der Waals surface area contributed by atoms with Crippen molar-refractivity contribution < 1.29 is 24.2 Å². The molecule has 1 aromatic carbocycles. The smallest absolute Gasteiger partial charge is 0.236 e. The van der Waals surface area contributed by atoms with Crippen molar-refractivity contribution in [2.24, 2.45) is 0 Å². The summed E-state index contributed by atoms with van der Waals surface area (Å²) in [5.41, 5.74) is 2.56. The third-order valence-corrected chi connectivity index (χ3v) is 7.35. The number of methoxy groups -OCH3 is 1. The number of fused-ring (bicyclic) bond motifs is 4. The van der Waals surface area contributed by atoms with E-state index in [9.17, 15) is 14.7 Å². The van der Waals surface area contributed by atoms with Crippen LogP contribution in [0.15, 0.2) is 18.2 Å². The first-order chi connectivity index (χ1) is 16.0. The Morgan fingerprint density at radius 1 is 1.21 bits per heavy atom. The standard InChI is InChI=1S/C24H32N4O5/c1-3-20(30)28-15-24(13-27(14-24)21(31)11-26-6-8-33-9-7-26)22-17-5-4-16(32-2)10-18(17)25-23(22)19(28)12-29/h4-5,10,19,25,29H,3,6-9,11-15H2,1-2H3/t19-/m0/s1. The fourth-order valence-corrected chi connectivity index (χ4v) is 5.64. The van der Waals surface area contributed by atoms with Crippen molar-refractivity contribution in [2.45, 2.75) is 24.8 Å². The lowest BCUT2D eigenvalue weighted by Crippen LogP contribution is -2.69. The maximum atomic E-state index is 13.0. The van der Waals surface area contributed by atoms with Crippen LogP contribution in [0.25, 0.3) is 10.9 Å². The lowest BCUT2D eigenvalue weighted by atomic mass is 9.68. The molecular formula is C24H32N4O5. The van der Waals surface area contributed by atoms with E-state index >= 15 is 0 Å². The number of aliphatic hydroxyl groups is 1. The van der Waals surface area contributed by atoms with Crippen LogP contribution in [0, 0.1) is 0 Å². The molecule has 0 aliphatic carbocycles. The highest BCUT2D eigenvalue weighted by Crippen LogP contribution is 2.48. The van der Waals surface area contributed by atoms with Crippen LogP contribution in [0.2, 0.25) is 0 Å². The SMILES string of the molecule is CCC(=O)N1CC2(CN(C(=O)CN3CCOCC3)C2)c2c([nH]c3cc(OC)ccc23)[C@@H]1CO. The summed E-state index contributed by atoms with van der Waals surface area (Å²) < 4.78 is 10.8. The topological polar surface area (TPSA) is 98.3 Å². The fraction of sp³-hybridized carbons (Fsp3) is 0.583. The van der Waals surface area contributed by atoms with Gasteiger partial charge in [-0.3, -0.25) is 14.5 Å². The number of morpholine rings is 1. The summed E-state index contributed by atoms with van der Waals surface area (Å²) in [6, 6.07) is 5.49. The highest BCUT2D eigenvalue weighted by molar-refractivity contribution is 5.90. The van der Waals surface area contributed by atoms with Gasteiger partial charge in [0.15, 0.2) is 0 Å². The van der Waals surface area contributed by atoms with Crippen LogP contribution in [0.5, 0.6) is 5.75 Å². The molecule has 0 bridgehead atoms. The Bertz CT molecular complexity index is 1050. The van der Waals surface area contributed by atoms with Crippen LogP contribution < -0.4 is 4.74 Å². The van der Waals surface area contributed by atoms with Gasteiger partial charge in [0, 0.05) is 61.8 Å². The average molecular weight is 457 g/mol. The molecule has 1 atom stereocenters. The largest absolute Gasteiger partial charge is 0.497 e. The maximum Gasteiger partial charge on any atom is 0.236 e. The van der Waals surface area contributed by atoms with E-state index in [4.69, 9.17) is 9.47 Å². The lowest BCUT2D eigenvalue weighted by molar-refractivity contribution is -0.146. The Kier molecular flexibility index (Phi) is 5.80. The van der Waals surface area contributed by atoms with Crippen LogP contribution in [-0.2, 0) is 19.7 Å². The molecule has 0 saturated carbocycles. The highest BCUT2D eigenvalue weighted by atomic mass is 16.5. The lowest BCUT2D eigenvalue weighted by Gasteiger charge is -2.56. The van der Waals surface area contributed by atoms with Crippen molar-refractivity contribution in [2.75, 3.05) is 66.2 Å². The Hall–Kier alpha value is -2.62. The number of rotatable bonds is 5. The van der Waals surface area contributed by atoms with Crippen molar-refractivity contribution in [1.29, 1.82) is 0 Å². The molecule has 4 heterocycles. The van der Waals surface area contributed by atoms with E-state index in [2.05, 4.69) is 9.88 Å². The first kappa shape index (κ1) is 22.2. The third-order valence-electron chi connectivity index (χ3n) is 7.35. The molecule has 2 aromatic rings. The number of likely N-dealkylation sites (tertiary alicyclic amines) is 1. The number of benzene rings is 1. The van der Waals surface area contributed by atoms with Gasteiger partial charge in [-0.2, -0.15) is 0 Å². The molecule has 9 heteroatoms. The van der Waals surface area contributed by atoms with Gasteiger partial charge in [0.2, 0.25) is 11.8 Å². The van der Waals surface area contributed by atoms with E-state index in [0.717, 1.165) is 41.0 Å². The molecule has 2 fully saturated rings. The number of hydrogen-bond acceptors (Lipinski definition) is 6. The summed E-state index contributed by atoms with van der Waals surface area (Å²) >= 11 is 0. The molecule has 1 aromatic heterocycles. The van der Waals surface area contributed by atoms with Gasteiger partial charge in [0.25, 0.3) is 0 Å². The Labute approximate surface area is 193 Å². The monoisotopic (exact) mass is 456 g/mol. The van der Waals surface area contributed by atoms with Crippen LogP contribution in [0.4, 0.5) is 0 Å². The van der Waals surface area contributed by atoms with Gasteiger partial charge in [-0.05, 0) is 17.7 Å². The zero-order chi connectivity index (χ0) is 23.2. The van der Waals surface area contributed by atoms with Crippen LogP contribution >= 0.6 is 0 Å². The van der Waals surface area contributed by atoms with Crippen molar-refractivity contribution in [1.82, 2.24) is 19.7 Å². The first-order valence-corrected chi connectivity index (χ1v) is 11.7. The minimum Gasteiger partial charge on any atom is -0.497 e. The quantitative estimate of drug-likeness (QED) is 0.693. The van der Waals surface area contributed by atoms with Crippen molar-refractivity contribution in [3.05, 3.63) is 29.5 Å². The van der Waals surface area contributed by atoms with Gasteiger partial charge in [0.1, 0.15) is 5.75 Å². The van der Waals surface area contributed by atoms with E-state index in [1.165, 1.54) is 0 Å².